The van der Waals surface area contributed by atoms with Crippen LogP contribution < -0.4 is 10.1 Å². The molecule has 2 N–H and O–H groups in total. The number of nitrogens with zero attached hydrogens (tertiary/aromatic N) is 2. The molecule has 0 spiro atoms. The molecule has 0 radical (unpaired) electrons. The van der Waals surface area contributed by atoms with Crippen LogP contribution >= 0.6 is 0 Å². The van der Waals surface area contributed by atoms with Crippen molar-refractivity contribution in [2.45, 2.75) is 277 Å². The zero-order valence-electron chi connectivity index (χ0n) is 53.1. The van der Waals surface area contributed by atoms with Gasteiger partial charge in [-0.1, -0.05) is 156 Å². The maximum Gasteiger partial charge on any atom is 0.318 e. The van der Waals surface area contributed by atoms with E-state index in [4.69, 9.17) is 14.2 Å². The summed E-state index contributed by atoms with van der Waals surface area (Å²) in [7, 11) is -3.10. The molecule has 11 nitrogen and oxygen atoms in total. The minimum atomic E-state index is -3.10. The van der Waals surface area contributed by atoms with Crippen molar-refractivity contribution in [3.05, 3.63) is 59.3 Å². The molecule has 464 valence electrons. The Morgan fingerprint density at radius 3 is 2.06 bits per heavy atom. The van der Waals surface area contributed by atoms with Crippen molar-refractivity contribution in [1.82, 2.24) is 10.3 Å². The van der Waals surface area contributed by atoms with Gasteiger partial charge in [-0.15, -0.1) is 0 Å². The predicted molar refractivity (Wildman–Crippen MR) is 333 cm³/mol. The van der Waals surface area contributed by atoms with Crippen LogP contribution in [0.25, 0.3) is 0 Å². The molecule has 8 rings (SSSR count). The van der Waals surface area contributed by atoms with Crippen molar-refractivity contribution < 1.29 is 37.3 Å². The van der Waals surface area contributed by atoms with E-state index < -0.39 is 33.6 Å². The molecule has 0 aliphatic heterocycles. The molecule has 1 heterocycles. The van der Waals surface area contributed by atoms with Crippen LogP contribution in [0.3, 0.4) is 0 Å². The fraction of sp³-hybridized carbons (Fsp3) is 0.803. The van der Waals surface area contributed by atoms with Crippen molar-refractivity contribution in [1.29, 1.82) is 5.26 Å². The third-order valence-electron chi connectivity index (χ3n) is 24.3. The van der Waals surface area contributed by atoms with Crippen LogP contribution in [0.1, 0.15) is 266 Å². The van der Waals surface area contributed by atoms with Crippen molar-refractivity contribution in [2.24, 2.45) is 56.7 Å². The largest absolute Gasteiger partial charge is 0.475 e. The molecule has 0 bridgehead atoms. The standard InChI is InChI=1S/C71H111N3O8S/c1-10-11-12-13-14-15-16-17-18-19-20-21-22-23-24-27-61(75)81-51-82-64(76)69(50-80-63-54(49-72)26-25-47-73-63)39-30-53(31-40-69)57-35-37-66(6)59(65(57,4)5)36-38-68(8)60(66)29-28-58-62-56(52(2)3)34-43-71(62,45-44-67(58,68)7)74-48-46-70(77)41-32-55(33-42-70)83(9,78)79/h25-26,30,35,47,55-56,58-60,62,74,77H,2,10-24,27-29,31-34,36-46,48,50-51H2,1,3-9H3/t55-,56-,58+,59-,60+,62+,66-,67+,68+,69+,70+,71-/m0/s1. The summed E-state index contributed by atoms with van der Waals surface area (Å²) in [6.07, 6.45) is 41.8. The van der Waals surface area contributed by atoms with Gasteiger partial charge in [0.25, 0.3) is 0 Å². The third-order valence-corrected chi connectivity index (χ3v) is 26.0. The van der Waals surface area contributed by atoms with Crippen LogP contribution in [0.15, 0.2) is 53.8 Å². The smallest absolute Gasteiger partial charge is 0.318 e. The Labute approximate surface area is 503 Å². The molecule has 5 saturated carbocycles. The van der Waals surface area contributed by atoms with Gasteiger partial charge in [0.2, 0.25) is 12.7 Å². The highest BCUT2D eigenvalue weighted by Gasteiger charge is 2.70. The zero-order chi connectivity index (χ0) is 59.7. The Hall–Kier alpha value is -3.53. The maximum absolute atomic E-state index is 14.3. The molecule has 0 unspecified atom stereocenters. The molecule has 1 aromatic heterocycles. The summed E-state index contributed by atoms with van der Waals surface area (Å²) in [5.74, 6) is 2.00. The number of fused-ring (bicyclic) bond motifs is 7. The number of carbonyl (C=O) groups excluding carboxylic acids is 2. The van der Waals surface area contributed by atoms with E-state index in [1.165, 1.54) is 132 Å². The van der Waals surface area contributed by atoms with E-state index in [0.29, 0.717) is 92.9 Å². The van der Waals surface area contributed by atoms with Crippen LogP contribution in [0.4, 0.5) is 0 Å². The number of sulfone groups is 1. The first kappa shape index (κ1) is 65.4. The summed E-state index contributed by atoms with van der Waals surface area (Å²) >= 11 is 0. The minimum Gasteiger partial charge on any atom is -0.475 e. The van der Waals surface area contributed by atoms with Gasteiger partial charge >= 0.3 is 11.9 Å². The zero-order valence-corrected chi connectivity index (χ0v) is 53.9. The van der Waals surface area contributed by atoms with E-state index in [9.17, 15) is 28.4 Å². The van der Waals surface area contributed by atoms with Crippen molar-refractivity contribution in [3.8, 4) is 11.9 Å². The van der Waals surface area contributed by atoms with Gasteiger partial charge in [-0.05, 0) is 204 Å². The number of aliphatic hydroxyl groups is 1. The number of hydrogen-bond acceptors (Lipinski definition) is 11. The Morgan fingerprint density at radius 2 is 1.45 bits per heavy atom. The van der Waals surface area contributed by atoms with Crippen molar-refractivity contribution in [2.75, 3.05) is 26.2 Å². The van der Waals surface area contributed by atoms with Gasteiger partial charge < -0.3 is 24.6 Å². The van der Waals surface area contributed by atoms with Gasteiger partial charge in [-0.25, -0.2) is 13.4 Å². The molecule has 0 amide bonds. The predicted octanol–water partition coefficient (Wildman–Crippen LogP) is 16.4. The summed E-state index contributed by atoms with van der Waals surface area (Å²) in [4.78, 5) is 31.5. The summed E-state index contributed by atoms with van der Waals surface area (Å²) in [6.45, 7) is 22.5. The highest BCUT2D eigenvalue weighted by Crippen LogP contribution is 2.76. The van der Waals surface area contributed by atoms with Gasteiger partial charge in [0.15, 0.2) is 0 Å². The number of nitriles is 1. The Morgan fingerprint density at radius 1 is 0.783 bits per heavy atom. The number of unbranched alkanes of at least 4 members (excludes halogenated alkanes) is 14. The van der Waals surface area contributed by atoms with E-state index in [2.05, 4.69) is 83.6 Å². The van der Waals surface area contributed by atoms with E-state index in [0.717, 1.165) is 51.5 Å². The fourth-order valence-electron chi connectivity index (χ4n) is 19.3. The molecule has 0 saturated heterocycles. The molecule has 1 aromatic rings. The van der Waals surface area contributed by atoms with Crippen LogP contribution in [0, 0.1) is 68.0 Å². The SMILES string of the molecule is C=C(C)[C@@H]1CC[C@]2(NCC[C@]3(O)CC[C@@H](S(C)(=O)=O)CC3)CC[C@]3(C)[C@H](CC[C@@H]4[C@@]5(C)CC=C(C6=CC[C@@](COc7ncccc7C#N)(C(=O)OCOC(=O)CCCCCCCCCCCCCCCCC)CC6)C(C)(C)[C@@H]5CC[C@]43C)[C@@H]12. The first-order valence-electron chi connectivity index (χ1n) is 33.5. The second-order valence-electron chi connectivity index (χ2n) is 29.6. The molecule has 7 aliphatic carbocycles. The molecular weight excluding hydrogens is 1050 g/mol. The minimum absolute atomic E-state index is 0.0125. The van der Waals surface area contributed by atoms with Gasteiger partial charge in [0.1, 0.15) is 33.5 Å². The second kappa shape index (κ2) is 27.7. The van der Waals surface area contributed by atoms with Crippen LogP contribution in [-0.4, -0.2) is 73.0 Å². The molecular formula is C71H111N3O8S. The van der Waals surface area contributed by atoms with Crippen LogP contribution in [-0.2, 0) is 28.9 Å². The van der Waals surface area contributed by atoms with Gasteiger partial charge in [0.05, 0.1) is 10.9 Å². The molecule has 5 fully saturated rings. The van der Waals surface area contributed by atoms with Gasteiger partial charge in [0, 0.05) is 24.4 Å². The van der Waals surface area contributed by atoms with Crippen LogP contribution in [0.5, 0.6) is 5.88 Å². The molecule has 83 heavy (non-hydrogen) atoms. The first-order valence-corrected chi connectivity index (χ1v) is 35.5. The monoisotopic (exact) mass is 1170 g/mol. The Kier molecular flexibility index (Phi) is 21.8. The number of esters is 2. The average Bonchev–Trinajstić information content (AvgIpc) is 3.34. The highest BCUT2D eigenvalue weighted by molar-refractivity contribution is 7.91. The molecule has 10 atom stereocenters. The Bertz CT molecular complexity index is 2610. The molecule has 0 aromatic carbocycles. The number of ether oxygens (including phenoxy) is 3. The van der Waals surface area contributed by atoms with E-state index in [1.807, 2.05) is 0 Å². The quantitative estimate of drug-likeness (QED) is 0.0339. The summed E-state index contributed by atoms with van der Waals surface area (Å²) in [5, 5.41) is 25.4. The van der Waals surface area contributed by atoms with Gasteiger partial charge in [-0.2, -0.15) is 5.26 Å². The van der Waals surface area contributed by atoms with Crippen molar-refractivity contribution >= 4 is 21.8 Å². The third kappa shape index (κ3) is 14.2. The number of pyridine rings is 1. The normalized spacial score (nSPS) is 34.6. The fourth-order valence-corrected chi connectivity index (χ4v) is 20.4. The van der Waals surface area contributed by atoms with Crippen LogP contribution in [0.2, 0.25) is 0 Å². The molecule has 7 aliphatic rings. The lowest BCUT2D eigenvalue weighted by Gasteiger charge is -2.72. The van der Waals surface area contributed by atoms with Gasteiger partial charge in [-0.3, -0.25) is 9.59 Å². The average molecular weight is 1170 g/mol. The van der Waals surface area contributed by atoms with Crippen molar-refractivity contribution in [3.63, 3.8) is 0 Å². The van der Waals surface area contributed by atoms with E-state index in [1.54, 1.807) is 18.3 Å². The summed E-state index contributed by atoms with van der Waals surface area (Å²) in [5.41, 5.74) is 2.86. The topological polar surface area (TPSA) is 165 Å². The summed E-state index contributed by atoms with van der Waals surface area (Å²) in [6, 6.07) is 5.53. The maximum atomic E-state index is 14.3. The van der Waals surface area contributed by atoms with E-state index in [-0.39, 0.29) is 50.9 Å². The lowest BCUT2D eigenvalue weighted by Crippen LogP contribution is -2.68. The molecule has 12 heteroatoms. The summed E-state index contributed by atoms with van der Waals surface area (Å²) < 4.78 is 42.2. The number of hydrogen-bond donors (Lipinski definition) is 2. The number of allylic oxidation sites excluding steroid dienone is 5. The Balaban J connectivity index is 0.882. The number of rotatable bonds is 29. The lowest BCUT2D eigenvalue weighted by molar-refractivity contribution is -0.221. The highest BCUT2D eigenvalue weighted by atomic mass is 32.2. The first-order chi connectivity index (χ1) is 39.5. The second-order valence-corrected chi connectivity index (χ2v) is 31.9. The number of carbonyl (C=O) groups is 2. The lowest BCUT2D eigenvalue weighted by atomic mass is 9.33. The number of nitrogens with one attached hydrogen (secondary N) is 1. The van der Waals surface area contributed by atoms with E-state index >= 15 is 0 Å². The number of aromatic nitrogens is 1.